The van der Waals surface area contributed by atoms with Crippen LogP contribution in [0.5, 0.6) is 0 Å². The van der Waals surface area contributed by atoms with Gasteiger partial charge in [-0.05, 0) is 51.3 Å². The minimum absolute atomic E-state index is 0.00197. The first-order valence-electron chi connectivity index (χ1n) is 11.3. The number of carbonyl (C=O) groups is 1. The highest BCUT2D eigenvalue weighted by Crippen LogP contribution is 2.40. The molecule has 0 spiro atoms. The Labute approximate surface area is 192 Å². The molecular formula is C23H28ClN7O. The molecule has 5 rings (SSSR count). The Morgan fingerprint density at radius 1 is 1.16 bits per heavy atom. The van der Waals surface area contributed by atoms with E-state index in [0.717, 1.165) is 67.3 Å². The van der Waals surface area contributed by atoms with E-state index in [1.807, 2.05) is 53.9 Å². The Morgan fingerprint density at radius 2 is 2.00 bits per heavy atom. The zero-order valence-corrected chi connectivity index (χ0v) is 19.2. The SMILES string of the molecule is CC(C)NC(=O)N1CCCN(c2nc(C3CC3)nc3c2cnn3-c2cccc(Cl)c2)CC1. The molecule has 9 heteroatoms. The summed E-state index contributed by atoms with van der Waals surface area (Å²) in [7, 11) is 0. The lowest BCUT2D eigenvalue weighted by atomic mass is 10.3. The molecule has 2 amide bonds. The fourth-order valence-electron chi connectivity index (χ4n) is 4.14. The average molecular weight is 454 g/mol. The monoisotopic (exact) mass is 453 g/mol. The topological polar surface area (TPSA) is 79.2 Å². The maximum absolute atomic E-state index is 12.5. The molecule has 1 aliphatic heterocycles. The second kappa shape index (κ2) is 8.58. The molecule has 2 aliphatic rings. The van der Waals surface area contributed by atoms with E-state index in [0.29, 0.717) is 17.5 Å². The number of rotatable bonds is 4. The van der Waals surface area contributed by atoms with E-state index >= 15 is 0 Å². The van der Waals surface area contributed by atoms with Crippen molar-refractivity contribution in [2.24, 2.45) is 0 Å². The number of carbonyl (C=O) groups excluding carboxylic acids is 1. The van der Waals surface area contributed by atoms with E-state index in [4.69, 9.17) is 21.6 Å². The summed E-state index contributed by atoms with van der Waals surface area (Å²) in [4.78, 5) is 26.6. The number of hydrogen-bond donors (Lipinski definition) is 1. The summed E-state index contributed by atoms with van der Waals surface area (Å²) in [5.74, 6) is 2.22. The van der Waals surface area contributed by atoms with Crippen LogP contribution in [0.25, 0.3) is 16.7 Å². The predicted molar refractivity (Wildman–Crippen MR) is 126 cm³/mol. The first kappa shape index (κ1) is 21.0. The van der Waals surface area contributed by atoms with Gasteiger partial charge in [-0.1, -0.05) is 17.7 Å². The first-order chi connectivity index (χ1) is 15.5. The molecule has 1 aromatic carbocycles. The summed E-state index contributed by atoms with van der Waals surface area (Å²) >= 11 is 6.23. The highest BCUT2D eigenvalue weighted by molar-refractivity contribution is 6.30. The maximum atomic E-state index is 12.5. The van der Waals surface area contributed by atoms with Gasteiger partial charge in [0, 0.05) is 43.2 Å². The van der Waals surface area contributed by atoms with Gasteiger partial charge < -0.3 is 15.1 Å². The summed E-state index contributed by atoms with van der Waals surface area (Å²) in [5, 5.41) is 9.23. The van der Waals surface area contributed by atoms with E-state index in [-0.39, 0.29) is 12.1 Å². The van der Waals surface area contributed by atoms with Crippen molar-refractivity contribution >= 4 is 34.5 Å². The van der Waals surface area contributed by atoms with Gasteiger partial charge in [-0.25, -0.2) is 19.4 Å². The molecule has 8 nitrogen and oxygen atoms in total. The molecule has 1 aliphatic carbocycles. The van der Waals surface area contributed by atoms with E-state index in [2.05, 4.69) is 15.3 Å². The summed E-state index contributed by atoms with van der Waals surface area (Å²) in [6.45, 7) is 6.92. The number of nitrogens with one attached hydrogen (secondary N) is 1. The highest BCUT2D eigenvalue weighted by atomic mass is 35.5. The number of urea groups is 1. The predicted octanol–water partition coefficient (Wildman–Crippen LogP) is 3.98. The minimum Gasteiger partial charge on any atom is -0.354 e. The van der Waals surface area contributed by atoms with Crippen LogP contribution in [0.2, 0.25) is 5.02 Å². The van der Waals surface area contributed by atoms with Crippen LogP contribution >= 0.6 is 11.6 Å². The Morgan fingerprint density at radius 3 is 2.75 bits per heavy atom. The van der Waals surface area contributed by atoms with Crippen LogP contribution in [0.3, 0.4) is 0 Å². The van der Waals surface area contributed by atoms with E-state index in [9.17, 15) is 4.79 Å². The molecule has 168 valence electrons. The number of nitrogens with zero attached hydrogens (tertiary/aromatic N) is 6. The quantitative estimate of drug-likeness (QED) is 0.646. The highest BCUT2D eigenvalue weighted by Gasteiger charge is 2.30. The Kier molecular flexibility index (Phi) is 5.63. The van der Waals surface area contributed by atoms with Crippen LogP contribution in [0, 0.1) is 0 Å². The molecule has 1 N–H and O–H groups in total. The van der Waals surface area contributed by atoms with Crippen molar-refractivity contribution in [2.45, 2.75) is 45.1 Å². The lowest BCUT2D eigenvalue weighted by Gasteiger charge is -2.24. The van der Waals surface area contributed by atoms with Crippen LogP contribution in [0.15, 0.2) is 30.5 Å². The number of amides is 2. The van der Waals surface area contributed by atoms with Crippen molar-refractivity contribution in [1.82, 2.24) is 30.0 Å². The van der Waals surface area contributed by atoms with Gasteiger partial charge in [-0.2, -0.15) is 5.10 Å². The number of benzene rings is 1. The molecule has 0 unspecified atom stereocenters. The third kappa shape index (κ3) is 4.24. The van der Waals surface area contributed by atoms with Gasteiger partial charge in [0.2, 0.25) is 0 Å². The molecule has 2 aromatic heterocycles. The van der Waals surface area contributed by atoms with E-state index < -0.39 is 0 Å². The van der Waals surface area contributed by atoms with Crippen molar-refractivity contribution in [3.8, 4) is 5.69 Å². The lowest BCUT2D eigenvalue weighted by Crippen LogP contribution is -2.44. The van der Waals surface area contributed by atoms with Crippen molar-refractivity contribution in [3.63, 3.8) is 0 Å². The largest absolute Gasteiger partial charge is 0.354 e. The third-order valence-electron chi connectivity index (χ3n) is 5.92. The van der Waals surface area contributed by atoms with E-state index in [1.165, 1.54) is 0 Å². The third-order valence-corrected chi connectivity index (χ3v) is 6.15. The standard InChI is InChI=1S/C23H28ClN7O/c1-15(2)26-23(32)30-10-4-9-29(11-12-30)21-19-14-25-31(18-6-3-5-17(24)13-18)22(19)28-20(27-21)16-7-8-16/h3,5-6,13-16H,4,7-12H2,1-2H3,(H,26,32). The first-order valence-corrected chi connectivity index (χ1v) is 11.7. The fourth-order valence-corrected chi connectivity index (χ4v) is 4.33. The number of fused-ring (bicyclic) bond motifs is 1. The van der Waals surface area contributed by atoms with Gasteiger partial charge in [0.05, 0.1) is 17.3 Å². The molecule has 3 heterocycles. The molecule has 0 atom stereocenters. The molecule has 2 fully saturated rings. The minimum atomic E-state index is 0.00197. The Hall–Kier alpha value is -2.87. The maximum Gasteiger partial charge on any atom is 0.317 e. The fraction of sp³-hybridized carbons (Fsp3) is 0.478. The zero-order chi connectivity index (χ0) is 22.2. The smallest absolute Gasteiger partial charge is 0.317 e. The normalized spacial score (nSPS) is 17.1. The number of anilines is 1. The molecule has 1 saturated carbocycles. The van der Waals surface area contributed by atoms with Gasteiger partial charge in [0.15, 0.2) is 5.65 Å². The molecule has 0 bridgehead atoms. The molecule has 3 aromatic rings. The number of halogens is 1. The van der Waals surface area contributed by atoms with Crippen LogP contribution < -0.4 is 10.2 Å². The van der Waals surface area contributed by atoms with E-state index in [1.54, 1.807) is 0 Å². The van der Waals surface area contributed by atoms with Crippen LogP contribution in [-0.2, 0) is 0 Å². The molecule has 1 saturated heterocycles. The summed E-state index contributed by atoms with van der Waals surface area (Å²) < 4.78 is 1.85. The molecular weight excluding hydrogens is 426 g/mol. The van der Waals surface area contributed by atoms with Gasteiger partial charge in [-0.3, -0.25) is 0 Å². The summed E-state index contributed by atoms with van der Waals surface area (Å²) in [5.41, 5.74) is 1.68. The van der Waals surface area contributed by atoms with Gasteiger partial charge in [0.25, 0.3) is 0 Å². The average Bonchev–Trinajstić information content (AvgIpc) is 3.56. The molecule has 32 heavy (non-hydrogen) atoms. The van der Waals surface area contributed by atoms with Gasteiger partial charge in [-0.15, -0.1) is 0 Å². The van der Waals surface area contributed by atoms with Gasteiger partial charge in [0.1, 0.15) is 11.6 Å². The van der Waals surface area contributed by atoms with Crippen LogP contribution in [-0.4, -0.2) is 62.9 Å². The van der Waals surface area contributed by atoms with Crippen LogP contribution in [0.1, 0.15) is 44.9 Å². The lowest BCUT2D eigenvalue weighted by molar-refractivity contribution is 0.199. The second-order valence-electron chi connectivity index (χ2n) is 8.89. The van der Waals surface area contributed by atoms with Crippen LogP contribution in [0.4, 0.5) is 10.6 Å². The van der Waals surface area contributed by atoms with Crippen molar-refractivity contribution in [2.75, 3.05) is 31.1 Å². The van der Waals surface area contributed by atoms with Crippen molar-refractivity contribution in [3.05, 3.63) is 41.3 Å². The van der Waals surface area contributed by atoms with Crippen molar-refractivity contribution < 1.29 is 4.79 Å². The molecule has 0 radical (unpaired) electrons. The number of aromatic nitrogens is 4. The summed E-state index contributed by atoms with van der Waals surface area (Å²) in [6, 6.07) is 7.77. The van der Waals surface area contributed by atoms with Crippen molar-refractivity contribution in [1.29, 1.82) is 0 Å². The number of hydrogen-bond acceptors (Lipinski definition) is 5. The summed E-state index contributed by atoms with van der Waals surface area (Å²) in [6.07, 6.45) is 4.98. The second-order valence-corrected chi connectivity index (χ2v) is 9.32. The Balaban J connectivity index is 1.49. The zero-order valence-electron chi connectivity index (χ0n) is 18.5. The van der Waals surface area contributed by atoms with Gasteiger partial charge >= 0.3 is 6.03 Å². The Bertz CT molecular complexity index is 1140.